The summed E-state index contributed by atoms with van der Waals surface area (Å²) in [6, 6.07) is 24.2. The number of benzene rings is 3. The predicted molar refractivity (Wildman–Crippen MR) is 140 cm³/mol. The van der Waals surface area contributed by atoms with Crippen molar-refractivity contribution in [3.63, 3.8) is 0 Å². The van der Waals surface area contributed by atoms with Crippen molar-refractivity contribution in [2.75, 3.05) is 13.2 Å². The van der Waals surface area contributed by atoms with Gasteiger partial charge in [0.05, 0.1) is 11.8 Å². The van der Waals surface area contributed by atoms with E-state index >= 15 is 0 Å². The molecular weight excluding hydrogens is 486 g/mol. The highest BCUT2D eigenvalue weighted by Gasteiger charge is 2.29. The number of fused-ring (bicyclic) bond motifs is 3. The van der Waals surface area contributed by atoms with E-state index in [2.05, 4.69) is 27.6 Å². The normalized spacial score (nSPS) is 13.8. The standard InChI is InChI=1S/C29H27N3O6/c33-26(27(34)18-11-9-17(10-12-18)24-15-25(28(35)36)32-31-24)13-14-30-29(37)38-16-23-21-7-3-1-5-19(21)20-6-2-4-8-22(20)23/h1-12,15,23,26-27,33-34H,13-14,16H2,(H,30,37)(H,31,32)(H,35,36). The van der Waals surface area contributed by atoms with E-state index < -0.39 is 24.3 Å². The Bertz CT molecular complexity index is 1400. The van der Waals surface area contributed by atoms with Crippen LogP contribution in [0, 0.1) is 0 Å². The van der Waals surface area contributed by atoms with Gasteiger partial charge in [0.25, 0.3) is 0 Å². The summed E-state index contributed by atoms with van der Waals surface area (Å²) >= 11 is 0. The lowest BCUT2D eigenvalue weighted by atomic mass is 9.98. The number of aliphatic hydroxyl groups excluding tert-OH is 2. The Hall–Kier alpha value is -4.47. The molecule has 9 nitrogen and oxygen atoms in total. The van der Waals surface area contributed by atoms with E-state index in [1.165, 1.54) is 6.07 Å². The molecule has 0 spiro atoms. The van der Waals surface area contributed by atoms with E-state index in [0.29, 0.717) is 16.8 Å². The molecule has 9 heteroatoms. The van der Waals surface area contributed by atoms with Crippen LogP contribution in [-0.4, -0.2) is 56.8 Å². The first kappa shape index (κ1) is 25.2. The van der Waals surface area contributed by atoms with Crippen LogP contribution >= 0.6 is 0 Å². The van der Waals surface area contributed by atoms with Gasteiger partial charge in [-0.25, -0.2) is 9.59 Å². The Morgan fingerprint density at radius 2 is 1.58 bits per heavy atom. The maximum absolute atomic E-state index is 12.3. The molecule has 4 aromatic rings. The van der Waals surface area contributed by atoms with E-state index in [-0.39, 0.29) is 31.2 Å². The summed E-state index contributed by atoms with van der Waals surface area (Å²) in [5.41, 5.74) is 6.13. The molecule has 0 saturated carbocycles. The summed E-state index contributed by atoms with van der Waals surface area (Å²) in [5, 5.41) is 39.0. The average molecular weight is 514 g/mol. The van der Waals surface area contributed by atoms with Crippen molar-refractivity contribution in [1.29, 1.82) is 0 Å². The summed E-state index contributed by atoms with van der Waals surface area (Å²) in [7, 11) is 0. The van der Waals surface area contributed by atoms with E-state index in [1.54, 1.807) is 24.3 Å². The lowest BCUT2D eigenvalue weighted by Crippen LogP contribution is -2.30. The van der Waals surface area contributed by atoms with Crippen molar-refractivity contribution >= 4 is 12.1 Å². The molecule has 2 atom stereocenters. The van der Waals surface area contributed by atoms with Crippen LogP contribution < -0.4 is 5.32 Å². The minimum atomic E-state index is -1.16. The van der Waals surface area contributed by atoms with Crippen molar-refractivity contribution in [2.24, 2.45) is 0 Å². The van der Waals surface area contributed by atoms with Crippen LogP contribution in [0.1, 0.15) is 45.6 Å². The van der Waals surface area contributed by atoms with Gasteiger partial charge in [0.2, 0.25) is 0 Å². The molecule has 0 bridgehead atoms. The SMILES string of the molecule is O=C(NCCC(O)C(O)c1ccc(-c2cc(C(=O)O)[nH]n2)cc1)OCC1c2ccccc2-c2ccccc21. The fourth-order valence-electron chi connectivity index (χ4n) is 4.78. The molecule has 5 rings (SSSR count). The molecule has 194 valence electrons. The second-order valence-electron chi connectivity index (χ2n) is 9.15. The quantitative estimate of drug-likeness (QED) is 0.227. The molecule has 1 aromatic heterocycles. The number of carboxylic acid groups (broad SMARTS) is 1. The van der Waals surface area contributed by atoms with Crippen LogP contribution in [-0.2, 0) is 4.74 Å². The van der Waals surface area contributed by atoms with Crippen molar-refractivity contribution in [3.05, 3.63) is 101 Å². The predicted octanol–water partition coefficient (Wildman–Crippen LogP) is 4.10. The number of aromatic nitrogens is 2. The van der Waals surface area contributed by atoms with Gasteiger partial charge in [0.15, 0.2) is 0 Å². The first-order valence-electron chi connectivity index (χ1n) is 12.3. The number of hydrogen-bond donors (Lipinski definition) is 5. The summed E-state index contributed by atoms with van der Waals surface area (Å²) in [6.07, 6.45) is -2.74. The van der Waals surface area contributed by atoms with Gasteiger partial charge in [-0.1, -0.05) is 72.8 Å². The third kappa shape index (κ3) is 5.15. The zero-order valence-corrected chi connectivity index (χ0v) is 20.4. The summed E-state index contributed by atoms with van der Waals surface area (Å²) in [5.74, 6) is -1.15. The topological polar surface area (TPSA) is 145 Å². The second-order valence-corrected chi connectivity index (χ2v) is 9.15. The van der Waals surface area contributed by atoms with Crippen LogP contribution in [0.15, 0.2) is 78.9 Å². The smallest absolute Gasteiger partial charge is 0.407 e. The second kappa shape index (κ2) is 10.9. The molecule has 38 heavy (non-hydrogen) atoms. The van der Waals surface area contributed by atoms with Crippen LogP contribution in [0.2, 0.25) is 0 Å². The van der Waals surface area contributed by atoms with Gasteiger partial charge in [-0.2, -0.15) is 5.10 Å². The monoisotopic (exact) mass is 513 g/mol. The average Bonchev–Trinajstić information content (AvgIpc) is 3.55. The Labute approximate surface area is 218 Å². The number of carbonyl (C=O) groups excluding carboxylic acids is 1. The van der Waals surface area contributed by atoms with E-state index in [0.717, 1.165) is 22.3 Å². The molecular formula is C29H27N3O6. The van der Waals surface area contributed by atoms with Gasteiger partial charge >= 0.3 is 12.1 Å². The summed E-state index contributed by atoms with van der Waals surface area (Å²) in [4.78, 5) is 23.4. The molecule has 1 aliphatic carbocycles. The molecule has 0 radical (unpaired) electrons. The van der Waals surface area contributed by atoms with E-state index in [9.17, 15) is 19.8 Å². The highest BCUT2D eigenvalue weighted by atomic mass is 16.5. The number of aliphatic hydroxyl groups is 2. The number of H-pyrrole nitrogens is 1. The molecule has 0 fully saturated rings. The minimum absolute atomic E-state index is 0.0246. The molecule has 0 saturated heterocycles. The third-order valence-electron chi connectivity index (χ3n) is 6.77. The van der Waals surface area contributed by atoms with Crippen LogP contribution in [0.25, 0.3) is 22.4 Å². The van der Waals surface area contributed by atoms with Crippen molar-refractivity contribution in [1.82, 2.24) is 15.5 Å². The first-order chi connectivity index (χ1) is 18.4. The van der Waals surface area contributed by atoms with Gasteiger partial charge in [-0.15, -0.1) is 0 Å². The fraction of sp³-hybridized carbons (Fsp3) is 0.207. The Kier molecular flexibility index (Phi) is 7.21. The number of aromatic carboxylic acids is 1. The number of rotatable bonds is 9. The number of ether oxygens (including phenoxy) is 1. The number of nitrogens with zero attached hydrogens (tertiary/aromatic N) is 1. The maximum Gasteiger partial charge on any atom is 0.407 e. The number of carbonyl (C=O) groups is 2. The van der Waals surface area contributed by atoms with E-state index in [4.69, 9.17) is 9.84 Å². The highest BCUT2D eigenvalue weighted by Crippen LogP contribution is 2.44. The number of amides is 1. The Morgan fingerprint density at radius 1 is 0.947 bits per heavy atom. The van der Waals surface area contributed by atoms with Gasteiger partial charge in [-0.3, -0.25) is 5.10 Å². The Balaban J connectivity index is 1.10. The van der Waals surface area contributed by atoms with Crippen molar-refractivity contribution in [3.8, 4) is 22.4 Å². The van der Waals surface area contributed by atoms with Crippen molar-refractivity contribution < 1.29 is 29.6 Å². The fourth-order valence-corrected chi connectivity index (χ4v) is 4.78. The van der Waals surface area contributed by atoms with Gasteiger partial charge in [0.1, 0.15) is 18.4 Å². The minimum Gasteiger partial charge on any atom is -0.477 e. The number of alkyl carbamates (subject to hydrolysis) is 1. The Morgan fingerprint density at radius 3 is 2.18 bits per heavy atom. The molecule has 1 amide bonds. The lowest BCUT2D eigenvalue weighted by Gasteiger charge is -2.19. The van der Waals surface area contributed by atoms with Gasteiger partial charge in [0, 0.05) is 18.0 Å². The number of aromatic amines is 1. The molecule has 2 unspecified atom stereocenters. The molecule has 5 N–H and O–H groups in total. The molecule has 1 heterocycles. The first-order valence-corrected chi connectivity index (χ1v) is 12.3. The maximum atomic E-state index is 12.3. The van der Waals surface area contributed by atoms with Gasteiger partial charge in [-0.05, 0) is 40.3 Å². The number of hydrogen-bond acceptors (Lipinski definition) is 6. The number of carboxylic acids is 1. The van der Waals surface area contributed by atoms with Crippen LogP contribution in [0.5, 0.6) is 0 Å². The largest absolute Gasteiger partial charge is 0.477 e. The zero-order chi connectivity index (χ0) is 26.6. The molecule has 1 aliphatic rings. The third-order valence-corrected chi connectivity index (χ3v) is 6.77. The van der Waals surface area contributed by atoms with Gasteiger partial charge < -0.3 is 25.4 Å². The van der Waals surface area contributed by atoms with Crippen molar-refractivity contribution in [2.45, 2.75) is 24.5 Å². The van der Waals surface area contributed by atoms with E-state index in [1.807, 2.05) is 36.4 Å². The van der Waals surface area contributed by atoms with Crippen LogP contribution in [0.4, 0.5) is 4.79 Å². The summed E-state index contributed by atoms with van der Waals surface area (Å²) in [6.45, 7) is 0.319. The lowest BCUT2D eigenvalue weighted by molar-refractivity contribution is 0.0137. The number of nitrogens with one attached hydrogen (secondary N) is 2. The molecule has 3 aromatic carbocycles. The zero-order valence-electron chi connectivity index (χ0n) is 20.4. The molecule has 0 aliphatic heterocycles. The van der Waals surface area contributed by atoms with Crippen LogP contribution in [0.3, 0.4) is 0 Å². The highest BCUT2D eigenvalue weighted by molar-refractivity contribution is 5.86. The summed E-state index contributed by atoms with van der Waals surface area (Å²) < 4.78 is 5.50.